The van der Waals surface area contributed by atoms with Gasteiger partial charge in [-0.3, -0.25) is 9.78 Å². The SMILES string of the molecule is O=c1ccnc(N2CCSCC2)[nH]1. The van der Waals surface area contributed by atoms with Crippen molar-refractivity contribution in [3.05, 3.63) is 22.6 Å². The van der Waals surface area contributed by atoms with Crippen LogP contribution in [0.4, 0.5) is 5.95 Å². The first-order chi connectivity index (χ1) is 6.36. The molecular weight excluding hydrogens is 186 g/mol. The van der Waals surface area contributed by atoms with Gasteiger partial charge in [0.2, 0.25) is 5.95 Å². The van der Waals surface area contributed by atoms with Gasteiger partial charge < -0.3 is 4.90 Å². The van der Waals surface area contributed by atoms with Crippen molar-refractivity contribution in [2.24, 2.45) is 0 Å². The summed E-state index contributed by atoms with van der Waals surface area (Å²) in [6.45, 7) is 1.94. The lowest BCUT2D eigenvalue weighted by Gasteiger charge is -2.26. The van der Waals surface area contributed by atoms with E-state index in [1.54, 1.807) is 6.20 Å². The first kappa shape index (κ1) is 8.62. The minimum absolute atomic E-state index is 0.0803. The molecule has 1 aromatic rings. The number of aromatic amines is 1. The maximum absolute atomic E-state index is 11.0. The third-order valence-corrected chi connectivity index (χ3v) is 2.91. The fourth-order valence-electron chi connectivity index (χ4n) is 1.30. The number of anilines is 1. The van der Waals surface area contributed by atoms with Gasteiger partial charge in [-0.05, 0) is 0 Å². The van der Waals surface area contributed by atoms with E-state index < -0.39 is 0 Å². The zero-order valence-corrected chi connectivity index (χ0v) is 8.01. The molecule has 0 aromatic carbocycles. The Morgan fingerprint density at radius 1 is 1.46 bits per heavy atom. The fourth-order valence-corrected chi connectivity index (χ4v) is 2.20. The molecule has 1 N–H and O–H groups in total. The Morgan fingerprint density at radius 3 is 2.92 bits per heavy atom. The molecule has 0 bridgehead atoms. The van der Waals surface area contributed by atoms with Crippen LogP contribution in [0.2, 0.25) is 0 Å². The summed E-state index contributed by atoms with van der Waals surface area (Å²) in [5, 5.41) is 0. The van der Waals surface area contributed by atoms with Crippen LogP contribution in [0.3, 0.4) is 0 Å². The molecule has 5 heteroatoms. The lowest BCUT2D eigenvalue weighted by Crippen LogP contribution is -2.34. The van der Waals surface area contributed by atoms with Crippen molar-refractivity contribution in [2.45, 2.75) is 0 Å². The molecule has 0 spiro atoms. The van der Waals surface area contributed by atoms with Crippen molar-refractivity contribution in [1.29, 1.82) is 0 Å². The van der Waals surface area contributed by atoms with Gasteiger partial charge in [0.15, 0.2) is 0 Å². The number of aromatic nitrogens is 2. The van der Waals surface area contributed by atoms with E-state index in [4.69, 9.17) is 0 Å². The molecular formula is C8H11N3OS. The Bertz CT molecular complexity index is 332. The summed E-state index contributed by atoms with van der Waals surface area (Å²) in [6, 6.07) is 1.43. The van der Waals surface area contributed by atoms with Gasteiger partial charge in [-0.15, -0.1) is 0 Å². The van der Waals surface area contributed by atoms with Gasteiger partial charge in [0, 0.05) is 36.9 Å². The fraction of sp³-hybridized carbons (Fsp3) is 0.500. The molecule has 70 valence electrons. The molecule has 1 saturated heterocycles. The van der Waals surface area contributed by atoms with Crippen LogP contribution < -0.4 is 10.5 Å². The summed E-state index contributed by atoms with van der Waals surface area (Å²) in [4.78, 5) is 20.0. The van der Waals surface area contributed by atoms with Crippen molar-refractivity contribution in [2.75, 3.05) is 29.5 Å². The molecule has 1 aromatic heterocycles. The van der Waals surface area contributed by atoms with Crippen LogP contribution in [0.5, 0.6) is 0 Å². The maximum Gasteiger partial charge on any atom is 0.252 e. The number of hydrogen-bond acceptors (Lipinski definition) is 4. The quantitative estimate of drug-likeness (QED) is 0.704. The third kappa shape index (κ3) is 2.03. The maximum atomic E-state index is 11.0. The molecule has 0 saturated carbocycles. The smallest absolute Gasteiger partial charge is 0.252 e. The lowest BCUT2D eigenvalue weighted by molar-refractivity contribution is 0.811. The third-order valence-electron chi connectivity index (χ3n) is 1.97. The topological polar surface area (TPSA) is 49.0 Å². The van der Waals surface area contributed by atoms with Gasteiger partial charge in [0.25, 0.3) is 5.56 Å². The van der Waals surface area contributed by atoms with Gasteiger partial charge in [0.05, 0.1) is 0 Å². The average molecular weight is 197 g/mol. The molecule has 1 aliphatic rings. The van der Waals surface area contributed by atoms with Crippen LogP contribution >= 0.6 is 11.8 Å². The zero-order chi connectivity index (χ0) is 9.10. The van der Waals surface area contributed by atoms with Crippen LogP contribution in [0.15, 0.2) is 17.1 Å². The lowest BCUT2D eigenvalue weighted by atomic mass is 10.5. The highest BCUT2D eigenvalue weighted by Gasteiger charge is 2.12. The minimum atomic E-state index is -0.0803. The number of hydrogen-bond donors (Lipinski definition) is 1. The van der Waals surface area contributed by atoms with Crippen molar-refractivity contribution < 1.29 is 0 Å². The van der Waals surface area contributed by atoms with Gasteiger partial charge in [-0.1, -0.05) is 0 Å². The minimum Gasteiger partial charge on any atom is -0.341 e. The number of rotatable bonds is 1. The predicted molar refractivity (Wildman–Crippen MR) is 54.4 cm³/mol. The van der Waals surface area contributed by atoms with Crippen molar-refractivity contribution in [3.8, 4) is 0 Å². The average Bonchev–Trinajstić information content (AvgIpc) is 2.19. The van der Waals surface area contributed by atoms with Gasteiger partial charge >= 0.3 is 0 Å². The molecule has 2 rings (SSSR count). The highest BCUT2D eigenvalue weighted by atomic mass is 32.2. The Kier molecular flexibility index (Phi) is 2.54. The number of nitrogens with zero attached hydrogens (tertiary/aromatic N) is 2. The second kappa shape index (κ2) is 3.83. The Labute approximate surface area is 80.4 Å². The molecule has 0 amide bonds. The second-order valence-electron chi connectivity index (χ2n) is 2.86. The molecule has 0 aliphatic carbocycles. The molecule has 0 unspecified atom stereocenters. The first-order valence-corrected chi connectivity index (χ1v) is 5.40. The van der Waals surface area contributed by atoms with E-state index in [9.17, 15) is 4.79 Å². The van der Waals surface area contributed by atoms with E-state index in [1.165, 1.54) is 6.07 Å². The van der Waals surface area contributed by atoms with Crippen molar-refractivity contribution >= 4 is 17.7 Å². The van der Waals surface area contributed by atoms with Gasteiger partial charge in [-0.2, -0.15) is 11.8 Å². The molecule has 4 nitrogen and oxygen atoms in total. The summed E-state index contributed by atoms with van der Waals surface area (Å²) < 4.78 is 0. The van der Waals surface area contributed by atoms with Crippen LogP contribution in [0, 0.1) is 0 Å². The van der Waals surface area contributed by atoms with Crippen molar-refractivity contribution in [1.82, 2.24) is 9.97 Å². The van der Waals surface area contributed by atoms with E-state index in [0.29, 0.717) is 5.95 Å². The van der Waals surface area contributed by atoms with E-state index in [2.05, 4.69) is 14.9 Å². The van der Waals surface area contributed by atoms with E-state index in [1.807, 2.05) is 11.8 Å². The largest absolute Gasteiger partial charge is 0.341 e. The normalized spacial score (nSPS) is 17.4. The van der Waals surface area contributed by atoms with E-state index in [-0.39, 0.29) is 5.56 Å². The summed E-state index contributed by atoms with van der Waals surface area (Å²) in [5.74, 6) is 2.92. The van der Waals surface area contributed by atoms with Crippen LogP contribution in [-0.4, -0.2) is 34.6 Å². The monoisotopic (exact) mass is 197 g/mol. The predicted octanol–water partition coefficient (Wildman–Crippen LogP) is 0.323. The van der Waals surface area contributed by atoms with Crippen LogP contribution in [0.25, 0.3) is 0 Å². The highest BCUT2D eigenvalue weighted by molar-refractivity contribution is 7.99. The number of H-pyrrole nitrogens is 1. The highest BCUT2D eigenvalue weighted by Crippen LogP contribution is 2.12. The molecule has 1 aliphatic heterocycles. The summed E-state index contributed by atoms with van der Waals surface area (Å²) in [5.41, 5.74) is -0.0803. The van der Waals surface area contributed by atoms with Crippen molar-refractivity contribution in [3.63, 3.8) is 0 Å². The van der Waals surface area contributed by atoms with E-state index >= 15 is 0 Å². The molecule has 0 atom stereocenters. The summed E-state index contributed by atoms with van der Waals surface area (Å²) in [6.07, 6.45) is 1.55. The number of thioether (sulfide) groups is 1. The Balaban J connectivity index is 2.19. The van der Waals surface area contributed by atoms with Crippen LogP contribution in [-0.2, 0) is 0 Å². The molecule has 0 radical (unpaired) electrons. The Hall–Kier alpha value is -0.970. The van der Waals surface area contributed by atoms with Crippen LogP contribution in [0.1, 0.15) is 0 Å². The second-order valence-corrected chi connectivity index (χ2v) is 4.08. The number of nitrogens with one attached hydrogen (secondary N) is 1. The molecule has 13 heavy (non-hydrogen) atoms. The summed E-state index contributed by atoms with van der Waals surface area (Å²) in [7, 11) is 0. The molecule has 2 heterocycles. The van der Waals surface area contributed by atoms with Gasteiger partial charge in [-0.25, -0.2) is 4.98 Å². The zero-order valence-electron chi connectivity index (χ0n) is 7.19. The first-order valence-electron chi connectivity index (χ1n) is 4.24. The van der Waals surface area contributed by atoms with Gasteiger partial charge in [0.1, 0.15) is 0 Å². The van der Waals surface area contributed by atoms with E-state index in [0.717, 1.165) is 24.6 Å². The summed E-state index contributed by atoms with van der Waals surface area (Å²) >= 11 is 1.94. The Morgan fingerprint density at radius 2 is 2.23 bits per heavy atom. The molecule has 1 fully saturated rings. The standard InChI is InChI=1S/C8H11N3OS/c12-7-1-2-9-8(10-7)11-3-5-13-6-4-11/h1-2H,3-6H2,(H,9,10,12).